The van der Waals surface area contributed by atoms with Crippen LogP contribution >= 0.6 is 0 Å². The summed E-state index contributed by atoms with van der Waals surface area (Å²) in [5, 5.41) is 13.7. The Hall–Kier alpha value is -1.53. The van der Waals surface area contributed by atoms with E-state index in [0.29, 0.717) is 18.2 Å². The Labute approximate surface area is 111 Å². The number of likely N-dealkylation sites (N-methyl/N-ethyl adjacent to an activating group) is 1. The average Bonchev–Trinajstić information content (AvgIpc) is 3.19. The molecule has 0 aliphatic heterocycles. The lowest BCUT2D eigenvalue weighted by Gasteiger charge is -2.15. The van der Waals surface area contributed by atoms with Crippen LogP contribution < -0.4 is 5.32 Å². The van der Waals surface area contributed by atoms with Gasteiger partial charge in [0.1, 0.15) is 0 Å². The molecular formula is C13H18FN3O2. The zero-order chi connectivity index (χ0) is 13.8. The minimum Gasteiger partial charge on any atom is -0.311 e. The van der Waals surface area contributed by atoms with Crippen molar-refractivity contribution in [3.8, 4) is 0 Å². The molecule has 0 heterocycles. The Morgan fingerprint density at radius 3 is 2.89 bits per heavy atom. The minimum atomic E-state index is -0.740. The van der Waals surface area contributed by atoms with Crippen LogP contribution in [0.25, 0.3) is 0 Å². The molecule has 1 aromatic carbocycles. The highest BCUT2D eigenvalue weighted by Gasteiger charge is 2.25. The van der Waals surface area contributed by atoms with E-state index in [1.807, 2.05) is 0 Å². The number of rotatable bonds is 7. The van der Waals surface area contributed by atoms with Gasteiger partial charge >= 0.3 is 5.69 Å². The quantitative estimate of drug-likeness (QED) is 0.466. The third-order valence-corrected chi connectivity index (χ3v) is 3.38. The van der Waals surface area contributed by atoms with E-state index in [2.05, 4.69) is 17.3 Å². The van der Waals surface area contributed by atoms with Gasteiger partial charge < -0.3 is 10.2 Å². The summed E-state index contributed by atoms with van der Waals surface area (Å²) < 4.78 is 13.8. The molecule has 104 valence electrons. The molecule has 0 aromatic heterocycles. The molecule has 0 atom stereocenters. The Bertz CT molecular complexity index is 463. The van der Waals surface area contributed by atoms with Crippen molar-refractivity contribution in [2.45, 2.75) is 25.4 Å². The lowest BCUT2D eigenvalue weighted by molar-refractivity contribution is -0.387. The van der Waals surface area contributed by atoms with Gasteiger partial charge in [0, 0.05) is 37.3 Å². The van der Waals surface area contributed by atoms with Gasteiger partial charge in [-0.2, -0.15) is 4.39 Å². The maximum atomic E-state index is 13.8. The molecule has 1 saturated carbocycles. The lowest BCUT2D eigenvalue weighted by Crippen LogP contribution is -2.30. The largest absolute Gasteiger partial charge is 0.311 e. The van der Waals surface area contributed by atoms with E-state index in [-0.39, 0.29) is 0 Å². The standard InChI is InChI=1S/C13H18FN3O2/c1-16(11-5-6-11)8-7-15-9-10-3-2-4-12(13(10)14)17(18)19/h2-4,11,15H,5-9H2,1H3. The molecule has 2 rings (SSSR count). The van der Waals surface area contributed by atoms with Crippen LogP contribution in [-0.4, -0.2) is 36.0 Å². The van der Waals surface area contributed by atoms with Gasteiger partial charge in [-0.05, 0) is 19.9 Å². The molecule has 1 aliphatic carbocycles. The normalized spacial score (nSPS) is 14.9. The fraction of sp³-hybridized carbons (Fsp3) is 0.538. The van der Waals surface area contributed by atoms with E-state index >= 15 is 0 Å². The van der Waals surface area contributed by atoms with E-state index in [1.165, 1.54) is 25.0 Å². The smallest absolute Gasteiger partial charge is 0.305 e. The van der Waals surface area contributed by atoms with Crippen LogP contribution in [0.15, 0.2) is 18.2 Å². The number of nitrogens with zero attached hydrogens (tertiary/aromatic N) is 2. The summed E-state index contributed by atoms with van der Waals surface area (Å²) in [4.78, 5) is 12.2. The molecule has 0 spiro atoms. The van der Waals surface area contributed by atoms with Gasteiger partial charge in [-0.15, -0.1) is 0 Å². The van der Waals surface area contributed by atoms with Gasteiger partial charge in [0.25, 0.3) is 0 Å². The molecule has 0 saturated heterocycles. The van der Waals surface area contributed by atoms with Crippen LogP contribution in [0.1, 0.15) is 18.4 Å². The highest BCUT2D eigenvalue weighted by molar-refractivity contribution is 5.36. The fourth-order valence-corrected chi connectivity index (χ4v) is 2.02. The topological polar surface area (TPSA) is 58.4 Å². The van der Waals surface area contributed by atoms with Crippen molar-refractivity contribution >= 4 is 5.69 Å². The Kier molecular flexibility index (Phi) is 4.44. The van der Waals surface area contributed by atoms with E-state index in [4.69, 9.17) is 0 Å². The second kappa shape index (κ2) is 6.08. The van der Waals surface area contributed by atoms with Crippen molar-refractivity contribution in [2.75, 3.05) is 20.1 Å². The second-order valence-corrected chi connectivity index (χ2v) is 4.90. The van der Waals surface area contributed by atoms with Crippen molar-refractivity contribution in [1.29, 1.82) is 0 Å². The van der Waals surface area contributed by atoms with Gasteiger partial charge in [0.15, 0.2) is 0 Å². The van der Waals surface area contributed by atoms with Gasteiger partial charge in [0.2, 0.25) is 5.82 Å². The van der Waals surface area contributed by atoms with Crippen LogP contribution in [0.2, 0.25) is 0 Å². The van der Waals surface area contributed by atoms with Crippen molar-refractivity contribution in [3.05, 3.63) is 39.7 Å². The molecule has 6 heteroatoms. The molecule has 5 nitrogen and oxygen atoms in total. The van der Waals surface area contributed by atoms with Gasteiger partial charge in [-0.25, -0.2) is 0 Å². The zero-order valence-corrected chi connectivity index (χ0v) is 10.9. The molecule has 19 heavy (non-hydrogen) atoms. The highest BCUT2D eigenvalue weighted by atomic mass is 19.1. The maximum Gasteiger partial charge on any atom is 0.305 e. The lowest BCUT2D eigenvalue weighted by atomic mass is 10.2. The Balaban J connectivity index is 1.82. The summed E-state index contributed by atoms with van der Waals surface area (Å²) in [6.45, 7) is 1.96. The van der Waals surface area contributed by atoms with E-state index in [9.17, 15) is 14.5 Å². The molecule has 1 aromatic rings. The van der Waals surface area contributed by atoms with Gasteiger partial charge in [-0.1, -0.05) is 12.1 Å². The molecule has 1 fully saturated rings. The molecule has 0 amide bonds. The number of hydrogen-bond donors (Lipinski definition) is 1. The van der Waals surface area contributed by atoms with E-state index in [1.54, 1.807) is 6.07 Å². The molecule has 1 N–H and O–H groups in total. The Morgan fingerprint density at radius 2 is 2.26 bits per heavy atom. The maximum absolute atomic E-state index is 13.8. The van der Waals surface area contributed by atoms with Crippen LogP contribution in [0.4, 0.5) is 10.1 Å². The SMILES string of the molecule is CN(CCNCc1cccc([N+](=O)[O-])c1F)C1CC1. The molecular weight excluding hydrogens is 249 g/mol. The summed E-state index contributed by atoms with van der Waals surface area (Å²) in [6.07, 6.45) is 2.52. The summed E-state index contributed by atoms with van der Waals surface area (Å²) in [5.41, 5.74) is -0.127. The predicted octanol–water partition coefficient (Wildman–Crippen LogP) is 1.92. The summed E-state index contributed by atoms with van der Waals surface area (Å²) >= 11 is 0. The third-order valence-electron chi connectivity index (χ3n) is 3.38. The predicted molar refractivity (Wildman–Crippen MR) is 70.4 cm³/mol. The Morgan fingerprint density at radius 1 is 1.53 bits per heavy atom. The van der Waals surface area contributed by atoms with Crippen molar-refractivity contribution < 1.29 is 9.31 Å². The van der Waals surface area contributed by atoms with Crippen LogP contribution in [0.5, 0.6) is 0 Å². The number of benzene rings is 1. The average molecular weight is 267 g/mol. The molecule has 1 aliphatic rings. The van der Waals surface area contributed by atoms with Gasteiger partial charge in [-0.3, -0.25) is 10.1 Å². The van der Waals surface area contributed by atoms with Crippen molar-refractivity contribution in [3.63, 3.8) is 0 Å². The summed E-state index contributed by atoms with van der Waals surface area (Å²) in [5.74, 6) is -0.740. The van der Waals surface area contributed by atoms with Crippen molar-refractivity contribution in [1.82, 2.24) is 10.2 Å². The number of nitrogens with one attached hydrogen (secondary N) is 1. The summed E-state index contributed by atoms with van der Waals surface area (Å²) in [7, 11) is 2.08. The van der Waals surface area contributed by atoms with E-state index in [0.717, 1.165) is 13.1 Å². The van der Waals surface area contributed by atoms with Crippen LogP contribution in [0.3, 0.4) is 0 Å². The second-order valence-electron chi connectivity index (χ2n) is 4.90. The monoisotopic (exact) mass is 267 g/mol. The van der Waals surface area contributed by atoms with Gasteiger partial charge in [0.05, 0.1) is 4.92 Å². The molecule has 0 bridgehead atoms. The van der Waals surface area contributed by atoms with E-state index < -0.39 is 16.4 Å². The first-order valence-electron chi connectivity index (χ1n) is 6.42. The first-order valence-corrected chi connectivity index (χ1v) is 6.42. The fourth-order valence-electron chi connectivity index (χ4n) is 2.02. The molecule has 0 unspecified atom stereocenters. The van der Waals surface area contributed by atoms with Crippen molar-refractivity contribution in [2.24, 2.45) is 0 Å². The highest BCUT2D eigenvalue weighted by Crippen LogP contribution is 2.24. The number of hydrogen-bond acceptors (Lipinski definition) is 4. The van der Waals surface area contributed by atoms with Crippen LogP contribution in [-0.2, 0) is 6.54 Å². The van der Waals surface area contributed by atoms with Crippen LogP contribution in [0, 0.1) is 15.9 Å². The number of nitro benzene ring substituents is 1. The third kappa shape index (κ3) is 3.71. The minimum absolute atomic E-state index is 0.312. The molecule has 0 radical (unpaired) electrons. The zero-order valence-electron chi connectivity index (χ0n) is 10.9. The first-order chi connectivity index (χ1) is 9.09. The first kappa shape index (κ1) is 13.9. The number of nitro groups is 1. The summed E-state index contributed by atoms with van der Waals surface area (Å²) in [6, 6.07) is 4.96. The number of halogens is 1.